The summed E-state index contributed by atoms with van der Waals surface area (Å²) in [6, 6.07) is 10.2. The minimum Gasteiger partial charge on any atom is -0.397 e. The number of thiocarbonyl (C=S) groups is 1. The van der Waals surface area contributed by atoms with Crippen molar-refractivity contribution in [2.45, 2.75) is 32.1 Å². The third-order valence-electron chi connectivity index (χ3n) is 5.51. The van der Waals surface area contributed by atoms with Crippen LogP contribution in [-0.4, -0.2) is 42.3 Å². The standard InChI is InChI=1S/C23H28F3N5O2S/c1-22(2,16-6-4-7-17(13-16)23(24,25)26)30-20(34)29-18-8-3-5-15(19(18)27)14-28-21(32)31-9-11-33-12-10-31/h3-8,13H,9-12,14,27H2,1-2H3,(H,28,32)(H2,29,30,34). The smallest absolute Gasteiger partial charge is 0.397 e. The first kappa shape index (κ1) is 25.6. The lowest BCUT2D eigenvalue weighted by Gasteiger charge is -2.29. The van der Waals surface area contributed by atoms with E-state index in [4.69, 9.17) is 22.7 Å². The Kier molecular flexibility index (Phi) is 7.88. The van der Waals surface area contributed by atoms with E-state index in [9.17, 15) is 18.0 Å². The first-order valence-corrected chi connectivity index (χ1v) is 11.1. The van der Waals surface area contributed by atoms with Crippen LogP contribution in [0.25, 0.3) is 0 Å². The molecule has 34 heavy (non-hydrogen) atoms. The minimum absolute atomic E-state index is 0.193. The van der Waals surface area contributed by atoms with Gasteiger partial charge in [0.1, 0.15) is 0 Å². The third kappa shape index (κ3) is 6.51. The molecule has 2 aromatic rings. The molecular formula is C23H28F3N5O2S. The van der Waals surface area contributed by atoms with Crippen LogP contribution in [0.1, 0.15) is 30.5 Å². The average molecular weight is 496 g/mol. The van der Waals surface area contributed by atoms with Crippen molar-refractivity contribution in [3.8, 4) is 0 Å². The number of hydrogen-bond acceptors (Lipinski definition) is 4. The fraction of sp³-hybridized carbons (Fsp3) is 0.391. The van der Waals surface area contributed by atoms with Crippen molar-refractivity contribution in [2.75, 3.05) is 37.4 Å². The van der Waals surface area contributed by atoms with Gasteiger partial charge in [0.05, 0.1) is 35.7 Å². The van der Waals surface area contributed by atoms with Gasteiger partial charge < -0.3 is 31.3 Å². The SMILES string of the molecule is CC(C)(NC(=S)Nc1cccc(CNC(=O)N2CCOCC2)c1N)c1cccc(C(F)(F)F)c1. The zero-order valence-corrected chi connectivity index (χ0v) is 19.8. The second-order valence-electron chi connectivity index (χ2n) is 8.42. The second kappa shape index (κ2) is 10.5. The topological polar surface area (TPSA) is 91.6 Å². The molecule has 1 aliphatic heterocycles. The molecule has 2 aromatic carbocycles. The summed E-state index contributed by atoms with van der Waals surface area (Å²) < 4.78 is 44.5. The van der Waals surface area contributed by atoms with Crippen LogP contribution < -0.4 is 21.7 Å². The largest absolute Gasteiger partial charge is 0.416 e. The van der Waals surface area contributed by atoms with E-state index in [0.717, 1.165) is 12.1 Å². The lowest BCUT2D eigenvalue weighted by atomic mass is 9.93. The lowest BCUT2D eigenvalue weighted by molar-refractivity contribution is -0.137. The van der Waals surface area contributed by atoms with E-state index in [0.29, 0.717) is 48.8 Å². The quantitative estimate of drug-likeness (QED) is 0.370. The van der Waals surface area contributed by atoms with E-state index in [1.54, 1.807) is 43.0 Å². The molecule has 2 amide bonds. The number of anilines is 2. The van der Waals surface area contributed by atoms with Crippen molar-refractivity contribution in [3.63, 3.8) is 0 Å². The molecular weight excluding hydrogens is 467 g/mol. The van der Waals surface area contributed by atoms with E-state index in [1.807, 2.05) is 0 Å². The molecule has 1 saturated heterocycles. The van der Waals surface area contributed by atoms with Crippen molar-refractivity contribution in [2.24, 2.45) is 0 Å². The molecule has 0 bridgehead atoms. The molecule has 5 N–H and O–H groups in total. The molecule has 0 aromatic heterocycles. The Bertz CT molecular complexity index is 1040. The Balaban J connectivity index is 1.64. The molecule has 1 heterocycles. The molecule has 0 aliphatic carbocycles. The maximum absolute atomic E-state index is 13.1. The number of amides is 2. The number of benzene rings is 2. The van der Waals surface area contributed by atoms with Crippen molar-refractivity contribution in [1.29, 1.82) is 0 Å². The van der Waals surface area contributed by atoms with Gasteiger partial charge in [0.25, 0.3) is 0 Å². The second-order valence-corrected chi connectivity index (χ2v) is 8.83. The van der Waals surface area contributed by atoms with Gasteiger partial charge in [-0.3, -0.25) is 0 Å². The highest BCUT2D eigenvalue weighted by Crippen LogP contribution is 2.32. The van der Waals surface area contributed by atoms with Crippen molar-refractivity contribution >= 4 is 34.7 Å². The normalized spacial score (nSPS) is 14.4. The average Bonchev–Trinajstić information content (AvgIpc) is 2.79. The van der Waals surface area contributed by atoms with Crippen molar-refractivity contribution in [3.05, 3.63) is 59.2 Å². The monoisotopic (exact) mass is 495 g/mol. The molecule has 0 spiro atoms. The third-order valence-corrected chi connectivity index (χ3v) is 5.71. The van der Waals surface area contributed by atoms with Gasteiger partial charge in [-0.2, -0.15) is 13.2 Å². The summed E-state index contributed by atoms with van der Waals surface area (Å²) in [5, 5.41) is 9.10. The number of carbonyl (C=O) groups excluding carboxylic acids is 1. The Hall–Kier alpha value is -3.05. The maximum atomic E-state index is 13.1. The molecule has 0 unspecified atom stereocenters. The summed E-state index contributed by atoms with van der Waals surface area (Å²) in [6.07, 6.45) is -4.43. The number of alkyl halides is 3. The molecule has 11 heteroatoms. The fourth-order valence-electron chi connectivity index (χ4n) is 3.52. The van der Waals surface area contributed by atoms with Crippen LogP contribution in [0.5, 0.6) is 0 Å². The van der Waals surface area contributed by atoms with Gasteiger partial charge >= 0.3 is 12.2 Å². The van der Waals surface area contributed by atoms with Crippen LogP contribution in [0.2, 0.25) is 0 Å². The number of nitrogens with one attached hydrogen (secondary N) is 3. The number of nitrogens with zero attached hydrogens (tertiary/aromatic N) is 1. The number of hydrogen-bond donors (Lipinski definition) is 4. The summed E-state index contributed by atoms with van der Waals surface area (Å²) in [7, 11) is 0. The van der Waals surface area contributed by atoms with Crippen LogP contribution in [0, 0.1) is 0 Å². The summed E-state index contributed by atoms with van der Waals surface area (Å²) >= 11 is 5.40. The van der Waals surface area contributed by atoms with Crippen LogP contribution in [-0.2, 0) is 23.0 Å². The fourth-order valence-corrected chi connectivity index (χ4v) is 3.88. The molecule has 7 nitrogen and oxygen atoms in total. The molecule has 3 rings (SSSR count). The summed E-state index contributed by atoms with van der Waals surface area (Å²) in [5.41, 5.74) is 6.73. The van der Waals surface area contributed by atoms with Crippen LogP contribution >= 0.6 is 12.2 Å². The number of carbonyl (C=O) groups is 1. The summed E-state index contributed by atoms with van der Waals surface area (Å²) in [6.45, 7) is 5.78. The molecule has 0 radical (unpaired) electrons. The van der Waals surface area contributed by atoms with Crippen molar-refractivity contribution in [1.82, 2.24) is 15.5 Å². The van der Waals surface area contributed by atoms with Crippen LogP contribution in [0.3, 0.4) is 0 Å². The Labute approximate surface area is 201 Å². The predicted molar refractivity (Wildman–Crippen MR) is 129 cm³/mol. The van der Waals surface area contributed by atoms with Gasteiger partial charge in [-0.1, -0.05) is 24.3 Å². The molecule has 0 saturated carbocycles. The van der Waals surface area contributed by atoms with E-state index < -0.39 is 17.3 Å². The van der Waals surface area contributed by atoms with Crippen LogP contribution in [0.4, 0.5) is 29.3 Å². The number of rotatable bonds is 5. The number of para-hydroxylation sites is 1. The number of halogens is 3. The van der Waals surface area contributed by atoms with Gasteiger partial charge in [0, 0.05) is 19.6 Å². The summed E-state index contributed by atoms with van der Waals surface area (Å²) in [4.78, 5) is 14.0. The highest BCUT2D eigenvalue weighted by atomic mass is 32.1. The van der Waals surface area contributed by atoms with Gasteiger partial charge in [-0.15, -0.1) is 0 Å². The first-order valence-electron chi connectivity index (χ1n) is 10.7. The Morgan fingerprint density at radius 3 is 2.44 bits per heavy atom. The first-order chi connectivity index (χ1) is 16.0. The number of morpholine rings is 1. The van der Waals surface area contributed by atoms with E-state index in [-0.39, 0.29) is 17.7 Å². The van der Waals surface area contributed by atoms with E-state index >= 15 is 0 Å². The van der Waals surface area contributed by atoms with E-state index in [1.165, 1.54) is 6.07 Å². The summed E-state index contributed by atoms with van der Waals surface area (Å²) in [5.74, 6) is 0. The van der Waals surface area contributed by atoms with Crippen molar-refractivity contribution < 1.29 is 22.7 Å². The molecule has 184 valence electrons. The predicted octanol–water partition coefficient (Wildman–Crippen LogP) is 4.05. The number of nitrogen functional groups attached to an aromatic ring is 1. The lowest BCUT2D eigenvalue weighted by Crippen LogP contribution is -2.46. The van der Waals surface area contributed by atoms with Gasteiger partial charge in [0.2, 0.25) is 0 Å². The van der Waals surface area contributed by atoms with Gasteiger partial charge in [-0.05, 0) is 55.4 Å². The maximum Gasteiger partial charge on any atom is 0.416 e. The molecule has 1 aliphatic rings. The highest BCUT2D eigenvalue weighted by Gasteiger charge is 2.32. The Morgan fingerprint density at radius 1 is 1.12 bits per heavy atom. The molecule has 0 atom stereocenters. The van der Waals surface area contributed by atoms with E-state index in [2.05, 4.69) is 16.0 Å². The zero-order valence-electron chi connectivity index (χ0n) is 19.0. The number of nitrogens with two attached hydrogens (primary N) is 1. The van der Waals surface area contributed by atoms with Crippen LogP contribution in [0.15, 0.2) is 42.5 Å². The zero-order chi connectivity index (χ0) is 24.9. The number of urea groups is 1. The van der Waals surface area contributed by atoms with Gasteiger partial charge in [-0.25, -0.2) is 4.79 Å². The highest BCUT2D eigenvalue weighted by molar-refractivity contribution is 7.80. The number of ether oxygens (including phenoxy) is 1. The minimum atomic E-state index is -4.43. The Morgan fingerprint density at radius 2 is 1.76 bits per heavy atom. The molecule has 1 fully saturated rings. The van der Waals surface area contributed by atoms with Gasteiger partial charge in [0.15, 0.2) is 5.11 Å².